The van der Waals surface area contributed by atoms with E-state index in [-0.39, 0.29) is 24.3 Å². The second kappa shape index (κ2) is 7.78. The van der Waals surface area contributed by atoms with Gasteiger partial charge in [0, 0.05) is 18.7 Å². The maximum atomic E-state index is 13.0. The number of H-pyrrole nitrogens is 1. The third-order valence-electron chi connectivity index (χ3n) is 4.21. The summed E-state index contributed by atoms with van der Waals surface area (Å²) in [5.41, 5.74) is 3.95. The Bertz CT molecular complexity index is 811. The molecule has 1 aliphatic rings. The molecule has 25 heavy (non-hydrogen) atoms. The third-order valence-corrected chi connectivity index (χ3v) is 4.21. The smallest absolute Gasteiger partial charge is 0.137 e. The van der Waals surface area contributed by atoms with E-state index in [1.54, 1.807) is 18.3 Å². The van der Waals surface area contributed by atoms with Gasteiger partial charge >= 0.3 is 0 Å². The first-order valence-corrected chi connectivity index (χ1v) is 8.03. The van der Waals surface area contributed by atoms with Crippen molar-refractivity contribution in [1.29, 1.82) is 0 Å². The van der Waals surface area contributed by atoms with Gasteiger partial charge in [-0.25, -0.2) is 9.37 Å². The van der Waals surface area contributed by atoms with E-state index in [0.717, 1.165) is 47.9 Å². The van der Waals surface area contributed by atoms with E-state index in [2.05, 4.69) is 27.4 Å². The van der Waals surface area contributed by atoms with Gasteiger partial charge in [0.1, 0.15) is 11.6 Å². The Balaban J connectivity index is 0.00000182. The van der Waals surface area contributed by atoms with E-state index in [4.69, 9.17) is 4.74 Å². The molecule has 1 fully saturated rings. The molecule has 2 N–H and O–H groups in total. The maximum Gasteiger partial charge on any atom is 0.137 e. The van der Waals surface area contributed by atoms with Gasteiger partial charge in [0.15, 0.2) is 0 Å². The molecule has 1 aromatic heterocycles. The number of aromatic nitrogens is 2. The van der Waals surface area contributed by atoms with Crippen LogP contribution in [-0.4, -0.2) is 29.7 Å². The lowest BCUT2D eigenvalue weighted by molar-refractivity contribution is 0.0277. The summed E-state index contributed by atoms with van der Waals surface area (Å²) in [6, 6.07) is 14.6. The molecule has 0 saturated carbocycles. The van der Waals surface area contributed by atoms with Crippen LogP contribution < -0.4 is 5.32 Å². The van der Waals surface area contributed by atoms with Gasteiger partial charge in [-0.05, 0) is 35.4 Å². The van der Waals surface area contributed by atoms with Crippen molar-refractivity contribution in [2.24, 2.45) is 0 Å². The molecule has 2 heterocycles. The molecule has 1 saturated heterocycles. The van der Waals surface area contributed by atoms with Crippen molar-refractivity contribution in [3.05, 3.63) is 66.1 Å². The first kappa shape index (κ1) is 17.6. The first-order valence-electron chi connectivity index (χ1n) is 8.03. The van der Waals surface area contributed by atoms with Crippen LogP contribution in [0.25, 0.3) is 22.6 Å². The monoisotopic (exact) mass is 359 g/mol. The van der Waals surface area contributed by atoms with Gasteiger partial charge in [0.05, 0.1) is 24.6 Å². The Labute approximate surface area is 151 Å². The second-order valence-electron chi connectivity index (χ2n) is 5.84. The number of morpholine rings is 1. The molecule has 0 amide bonds. The fourth-order valence-electron chi connectivity index (χ4n) is 2.88. The van der Waals surface area contributed by atoms with Gasteiger partial charge in [-0.15, -0.1) is 12.4 Å². The number of ether oxygens (including phenoxy) is 1. The number of hydrogen-bond donors (Lipinski definition) is 2. The molecule has 0 unspecified atom stereocenters. The normalized spacial score (nSPS) is 17.1. The maximum absolute atomic E-state index is 13.0. The van der Waals surface area contributed by atoms with Crippen molar-refractivity contribution >= 4 is 12.4 Å². The second-order valence-corrected chi connectivity index (χ2v) is 5.84. The molecule has 3 aromatic rings. The summed E-state index contributed by atoms with van der Waals surface area (Å²) in [5, 5.41) is 3.33. The van der Waals surface area contributed by atoms with Crippen LogP contribution >= 0.6 is 12.4 Å². The number of nitrogens with one attached hydrogen (secondary N) is 2. The fraction of sp³-hybridized carbons (Fsp3) is 0.211. The van der Waals surface area contributed by atoms with Crippen molar-refractivity contribution in [2.75, 3.05) is 19.7 Å². The van der Waals surface area contributed by atoms with Crippen LogP contribution in [0.5, 0.6) is 0 Å². The van der Waals surface area contributed by atoms with Gasteiger partial charge in [-0.3, -0.25) is 0 Å². The highest BCUT2D eigenvalue weighted by molar-refractivity contribution is 5.85. The predicted molar refractivity (Wildman–Crippen MR) is 98.2 cm³/mol. The molecular formula is C19H19ClFN3O. The van der Waals surface area contributed by atoms with E-state index in [0.29, 0.717) is 0 Å². The van der Waals surface area contributed by atoms with Crippen LogP contribution in [0.2, 0.25) is 0 Å². The third kappa shape index (κ3) is 3.90. The Morgan fingerprint density at radius 2 is 1.72 bits per heavy atom. The van der Waals surface area contributed by atoms with Crippen LogP contribution in [0.3, 0.4) is 0 Å². The van der Waals surface area contributed by atoms with Crippen LogP contribution in [-0.2, 0) is 4.74 Å². The molecule has 4 rings (SSSR count). The lowest BCUT2D eigenvalue weighted by Crippen LogP contribution is -2.33. The predicted octanol–water partition coefficient (Wildman–Crippen LogP) is 3.97. The molecule has 0 bridgehead atoms. The Morgan fingerprint density at radius 1 is 1.00 bits per heavy atom. The van der Waals surface area contributed by atoms with Gasteiger partial charge in [0.2, 0.25) is 0 Å². The summed E-state index contributed by atoms with van der Waals surface area (Å²) in [6.45, 7) is 2.49. The highest BCUT2D eigenvalue weighted by Crippen LogP contribution is 2.25. The zero-order valence-corrected chi connectivity index (χ0v) is 14.4. The Hall–Kier alpha value is -2.21. The molecule has 6 heteroatoms. The first-order chi connectivity index (χ1) is 11.8. The van der Waals surface area contributed by atoms with Crippen LogP contribution in [0.15, 0.2) is 54.7 Å². The van der Waals surface area contributed by atoms with Crippen molar-refractivity contribution in [3.8, 4) is 22.6 Å². The quantitative estimate of drug-likeness (QED) is 0.744. The average molecular weight is 360 g/mol. The molecule has 0 radical (unpaired) electrons. The molecule has 2 aromatic carbocycles. The van der Waals surface area contributed by atoms with Gasteiger partial charge < -0.3 is 15.0 Å². The number of hydrogen-bond acceptors (Lipinski definition) is 3. The van der Waals surface area contributed by atoms with E-state index >= 15 is 0 Å². The van der Waals surface area contributed by atoms with Gasteiger partial charge in [-0.2, -0.15) is 0 Å². The molecule has 0 spiro atoms. The van der Waals surface area contributed by atoms with E-state index in [9.17, 15) is 4.39 Å². The molecule has 1 aliphatic heterocycles. The number of benzene rings is 2. The minimum atomic E-state index is -0.242. The van der Waals surface area contributed by atoms with E-state index in [1.807, 2.05) is 12.1 Å². The minimum Gasteiger partial charge on any atom is -0.371 e. The summed E-state index contributed by atoms with van der Waals surface area (Å²) >= 11 is 0. The van der Waals surface area contributed by atoms with Gasteiger partial charge in [0.25, 0.3) is 0 Å². The van der Waals surface area contributed by atoms with Crippen molar-refractivity contribution < 1.29 is 9.13 Å². The number of nitrogens with zero attached hydrogens (tertiary/aromatic N) is 1. The fourth-order valence-corrected chi connectivity index (χ4v) is 2.88. The molecule has 0 aliphatic carbocycles. The van der Waals surface area contributed by atoms with Crippen LogP contribution in [0.4, 0.5) is 4.39 Å². The standard InChI is InChI=1S/C19H18FN3O.ClH/c20-16-7-5-13(6-8-16)17-11-22-19(23-17)15-3-1-14(2-4-15)18-12-21-9-10-24-18;/h1-8,11,18,21H,9-10,12H2,(H,22,23);1H/t18-;/m1./s1. The number of rotatable bonds is 3. The Kier molecular flexibility index (Phi) is 5.48. The summed E-state index contributed by atoms with van der Waals surface area (Å²) in [7, 11) is 0. The molecular weight excluding hydrogens is 341 g/mol. The summed E-state index contributed by atoms with van der Waals surface area (Å²) in [5.74, 6) is 0.553. The molecule has 130 valence electrons. The van der Waals surface area contributed by atoms with Crippen LogP contribution in [0, 0.1) is 5.82 Å². The number of aromatic amines is 1. The topological polar surface area (TPSA) is 49.9 Å². The number of halogens is 2. The van der Waals surface area contributed by atoms with Crippen molar-refractivity contribution in [3.63, 3.8) is 0 Å². The summed E-state index contributed by atoms with van der Waals surface area (Å²) < 4.78 is 18.8. The largest absolute Gasteiger partial charge is 0.371 e. The van der Waals surface area contributed by atoms with E-state index < -0.39 is 0 Å². The van der Waals surface area contributed by atoms with Crippen molar-refractivity contribution in [2.45, 2.75) is 6.10 Å². The SMILES string of the molecule is Cl.Fc1ccc(-c2cnc(-c3ccc([C@H]4CNCCO4)cc3)[nH]2)cc1. The highest BCUT2D eigenvalue weighted by atomic mass is 35.5. The minimum absolute atomic E-state index is 0. The zero-order chi connectivity index (χ0) is 16.4. The van der Waals surface area contributed by atoms with Crippen molar-refractivity contribution in [1.82, 2.24) is 15.3 Å². The lowest BCUT2D eigenvalue weighted by Gasteiger charge is -2.24. The molecule has 1 atom stereocenters. The summed E-state index contributed by atoms with van der Waals surface area (Å²) in [4.78, 5) is 7.72. The van der Waals surface area contributed by atoms with Gasteiger partial charge in [-0.1, -0.05) is 24.3 Å². The molecule has 4 nitrogen and oxygen atoms in total. The Morgan fingerprint density at radius 3 is 2.40 bits per heavy atom. The average Bonchev–Trinajstić information content (AvgIpc) is 3.13. The van der Waals surface area contributed by atoms with Crippen LogP contribution in [0.1, 0.15) is 11.7 Å². The summed E-state index contributed by atoms with van der Waals surface area (Å²) in [6.07, 6.45) is 1.88. The highest BCUT2D eigenvalue weighted by Gasteiger charge is 2.15. The van der Waals surface area contributed by atoms with E-state index in [1.165, 1.54) is 12.1 Å². The number of imidazole rings is 1. The lowest BCUT2D eigenvalue weighted by atomic mass is 10.1. The zero-order valence-electron chi connectivity index (χ0n) is 13.5.